The number of ether oxygens (including phenoxy) is 1. The van der Waals surface area contributed by atoms with Crippen molar-refractivity contribution in [3.05, 3.63) is 41.7 Å². The molecule has 0 bridgehead atoms. The zero-order valence-corrected chi connectivity index (χ0v) is 12.8. The van der Waals surface area contributed by atoms with Gasteiger partial charge in [-0.2, -0.15) is 0 Å². The second-order valence-electron chi connectivity index (χ2n) is 4.66. The van der Waals surface area contributed by atoms with Crippen LogP contribution in [0.3, 0.4) is 0 Å². The van der Waals surface area contributed by atoms with Crippen LogP contribution in [0.5, 0.6) is 5.75 Å². The second-order valence-corrected chi connectivity index (χ2v) is 5.31. The molecule has 0 fully saturated rings. The smallest absolute Gasteiger partial charge is 0.118 e. The van der Waals surface area contributed by atoms with Gasteiger partial charge in [-0.05, 0) is 36.5 Å². The zero-order chi connectivity index (χ0) is 13.7. The van der Waals surface area contributed by atoms with E-state index in [1.165, 1.54) is 5.56 Å². The topological polar surface area (TPSA) is 39.9 Å². The first kappa shape index (κ1) is 14.1. The molecule has 0 saturated carbocycles. The van der Waals surface area contributed by atoms with E-state index in [2.05, 4.69) is 38.4 Å². The molecule has 2 rings (SSSR count). The molecule has 5 heteroatoms. The third-order valence-electron chi connectivity index (χ3n) is 3.05. The highest BCUT2D eigenvalue weighted by Gasteiger charge is 2.11. The molecule has 1 unspecified atom stereocenters. The molecular weight excluding hydrogens is 306 g/mol. The molecule has 0 amide bonds. The summed E-state index contributed by atoms with van der Waals surface area (Å²) in [4.78, 5) is 0. The van der Waals surface area contributed by atoms with E-state index in [0.717, 1.165) is 29.6 Å². The average Bonchev–Trinajstić information content (AvgIpc) is 2.84. The lowest BCUT2D eigenvalue weighted by Crippen LogP contribution is -2.10. The number of alkyl halides is 1. The number of hydrogen-bond donors (Lipinski definition) is 0. The van der Waals surface area contributed by atoms with E-state index < -0.39 is 0 Å². The average molecular weight is 324 g/mol. The van der Waals surface area contributed by atoms with Crippen LogP contribution in [0.2, 0.25) is 0 Å². The Morgan fingerprint density at radius 2 is 2.00 bits per heavy atom. The van der Waals surface area contributed by atoms with Gasteiger partial charge in [0.25, 0.3) is 0 Å². The molecule has 19 heavy (non-hydrogen) atoms. The summed E-state index contributed by atoms with van der Waals surface area (Å²) in [5.74, 6) is 1.41. The van der Waals surface area contributed by atoms with Crippen LogP contribution in [-0.2, 0) is 19.9 Å². The Hall–Kier alpha value is -1.36. The Labute approximate surface area is 121 Å². The zero-order valence-electron chi connectivity index (χ0n) is 11.2. The minimum absolute atomic E-state index is 0.519. The number of benzene rings is 1. The number of halogens is 1. The van der Waals surface area contributed by atoms with E-state index in [4.69, 9.17) is 4.74 Å². The van der Waals surface area contributed by atoms with Gasteiger partial charge in [0.05, 0.1) is 12.8 Å². The summed E-state index contributed by atoms with van der Waals surface area (Å²) in [6.45, 7) is 0. The lowest BCUT2D eigenvalue weighted by molar-refractivity contribution is 0.414. The number of aromatic nitrogens is 3. The van der Waals surface area contributed by atoms with Crippen molar-refractivity contribution in [1.82, 2.24) is 15.0 Å². The third-order valence-corrected chi connectivity index (χ3v) is 3.97. The van der Waals surface area contributed by atoms with E-state index in [9.17, 15) is 0 Å². The molecule has 0 saturated heterocycles. The van der Waals surface area contributed by atoms with Crippen molar-refractivity contribution in [2.45, 2.75) is 12.8 Å². The molecule has 0 aliphatic carbocycles. The molecule has 4 nitrogen and oxygen atoms in total. The summed E-state index contributed by atoms with van der Waals surface area (Å²) in [6.07, 6.45) is 3.93. The third kappa shape index (κ3) is 4.06. The van der Waals surface area contributed by atoms with Crippen molar-refractivity contribution in [3.8, 4) is 5.75 Å². The maximum absolute atomic E-state index is 5.17. The Morgan fingerprint density at radius 3 is 2.53 bits per heavy atom. The monoisotopic (exact) mass is 323 g/mol. The number of rotatable bonds is 6. The molecule has 0 aliphatic rings. The Morgan fingerprint density at radius 1 is 1.26 bits per heavy atom. The molecule has 1 atom stereocenters. The highest BCUT2D eigenvalue weighted by Crippen LogP contribution is 2.18. The van der Waals surface area contributed by atoms with Gasteiger partial charge >= 0.3 is 0 Å². The molecule has 0 N–H and O–H groups in total. The van der Waals surface area contributed by atoms with Gasteiger partial charge in [0.15, 0.2) is 0 Å². The molecule has 1 aromatic carbocycles. The fourth-order valence-electron chi connectivity index (χ4n) is 2.06. The van der Waals surface area contributed by atoms with E-state index >= 15 is 0 Å². The molecule has 0 radical (unpaired) electrons. The summed E-state index contributed by atoms with van der Waals surface area (Å²) in [5, 5.41) is 9.07. The van der Waals surface area contributed by atoms with Crippen LogP contribution in [0, 0.1) is 5.92 Å². The number of hydrogen-bond acceptors (Lipinski definition) is 3. The van der Waals surface area contributed by atoms with Crippen LogP contribution in [0.1, 0.15) is 11.3 Å². The normalized spacial score (nSPS) is 12.4. The van der Waals surface area contributed by atoms with Gasteiger partial charge in [0.2, 0.25) is 0 Å². The summed E-state index contributed by atoms with van der Waals surface area (Å²) < 4.78 is 6.91. The summed E-state index contributed by atoms with van der Waals surface area (Å²) in [7, 11) is 3.58. The minimum atomic E-state index is 0.519. The molecule has 1 aromatic heterocycles. The van der Waals surface area contributed by atoms with Gasteiger partial charge in [-0.15, -0.1) is 5.10 Å². The largest absolute Gasteiger partial charge is 0.497 e. The van der Waals surface area contributed by atoms with Gasteiger partial charge in [-0.1, -0.05) is 33.3 Å². The minimum Gasteiger partial charge on any atom is -0.497 e. The highest BCUT2D eigenvalue weighted by molar-refractivity contribution is 9.09. The van der Waals surface area contributed by atoms with E-state index in [-0.39, 0.29) is 0 Å². The molecule has 0 spiro atoms. The van der Waals surface area contributed by atoms with Crippen molar-refractivity contribution in [1.29, 1.82) is 0 Å². The maximum atomic E-state index is 5.17. The van der Waals surface area contributed by atoms with Crippen molar-refractivity contribution in [2.24, 2.45) is 13.0 Å². The van der Waals surface area contributed by atoms with Crippen molar-refractivity contribution >= 4 is 15.9 Å². The van der Waals surface area contributed by atoms with Gasteiger partial charge in [0.1, 0.15) is 5.75 Å². The van der Waals surface area contributed by atoms with E-state index in [1.54, 1.807) is 11.8 Å². The number of aryl methyl sites for hydroxylation is 1. The van der Waals surface area contributed by atoms with E-state index in [1.807, 2.05) is 25.4 Å². The summed E-state index contributed by atoms with van der Waals surface area (Å²) in [6, 6.07) is 8.24. The van der Waals surface area contributed by atoms with Crippen LogP contribution >= 0.6 is 15.9 Å². The Bertz CT molecular complexity index is 510. The quantitative estimate of drug-likeness (QED) is 0.767. The lowest BCUT2D eigenvalue weighted by Gasteiger charge is -2.12. The van der Waals surface area contributed by atoms with Gasteiger partial charge in [0, 0.05) is 18.6 Å². The predicted octanol–water partition coefficient (Wildman–Crippen LogP) is 2.62. The van der Waals surface area contributed by atoms with Crippen molar-refractivity contribution < 1.29 is 4.74 Å². The maximum Gasteiger partial charge on any atom is 0.118 e. The first-order valence-corrected chi connectivity index (χ1v) is 7.37. The van der Waals surface area contributed by atoms with Gasteiger partial charge < -0.3 is 4.74 Å². The lowest BCUT2D eigenvalue weighted by atomic mass is 9.97. The highest BCUT2D eigenvalue weighted by atomic mass is 79.9. The first-order valence-electron chi connectivity index (χ1n) is 6.25. The molecule has 1 heterocycles. The molecule has 0 aliphatic heterocycles. The molecular formula is C14H18BrN3O. The molecule has 2 aromatic rings. The number of methoxy groups -OCH3 is 1. The fourth-order valence-corrected chi connectivity index (χ4v) is 2.52. The summed E-state index contributed by atoms with van der Waals surface area (Å²) in [5.41, 5.74) is 2.36. The van der Waals surface area contributed by atoms with Gasteiger partial charge in [-0.3, -0.25) is 4.68 Å². The van der Waals surface area contributed by atoms with Crippen LogP contribution in [0.4, 0.5) is 0 Å². The second kappa shape index (κ2) is 6.70. The van der Waals surface area contributed by atoms with Crippen LogP contribution < -0.4 is 4.74 Å². The Kier molecular flexibility index (Phi) is 4.96. The Balaban J connectivity index is 1.97. The van der Waals surface area contributed by atoms with Crippen molar-refractivity contribution in [3.63, 3.8) is 0 Å². The van der Waals surface area contributed by atoms with Crippen LogP contribution in [-0.4, -0.2) is 27.4 Å². The van der Waals surface area contributed by atoms with Gasteiger partial charge in [-0.25, -0.2) is 0 Å². The number of nitrogens with zero attached hydrogens (tertiary/aromatic N) is 3. The first-order chi connectivity index (χ1) is 9.21. The van der Waals surface area contributed by atoms with E-state index in [0.29, 0.717) is 5.92 Å². The SMILES string of the molecule is COc1ccc(CC(CBr)Cc2cn(C)nn2)cc1. The predicted molar refractivity (Wildman–Crippen MR) is 78.7 cm³/mol. The summed E-state index contributed by atoms with van der Waals surface area (Å²) >= 11 is 3.59. The van der Waals surface area contributed by atoms with Crippen LogP contribution in [0.25, 0.3) is 0 Å². The fraction of sp³-hybridized carbons (Fsp3) is 0.429. The van der Waals surface area contributed by atoms with Crippen molar-refractivity contribution in [2.75, 3.05) is 12.4 Å². The molecule has 102 valence electrons. The standard InChI is InChI=1S/C14H18BrN3O/c1-18-10-13(16-17-18)8-12(9-15)7-11-3-5-14(19-2)6-4-11/h3-6,10,12H,7-9H2,1-2H3. The van der Waals surface area contributed by atoms with Crippen LogP contribution in [0.15, 0.2) is 30.5 Å².